The van der Waals surface area contributed by atoms with E-state index in [-0.39, 0.29) is 34.0 Å². The number of nitrogens with zero attached hydrogens (tertiary/aromatic N) is 4. The summed E-state index contributed by atoms with van der Waals surface area (Å²) in [6.07, 6.45) is 3.91. The van der Waals surface area contributed by atoms with Gasteiger partial charge in [0.2, 0.25) is 11.9 Å². The molecular formula is C24H24N6O4S3. The lowest BCUT2D eigenvalue weighted by Gasteiger charge is -2.43. The van der Waals surface area contributed by atoms with Gasteiger partial charge >= 0.3 is 0 Å². The summed E-state index contributed by atoms with van der Waals surface area (Å²) in [5.74, 6) is 0.451. The maximum Gasteiger partial charge on any atom is 0.264 e. The highest BCUT2D eigenvalue weighted by Crippen LogP contribution is 2.36. The smallest absolute Gasteiger partial charge is 0.264 e. The van der Waals surface area contributed by atoms with Gasteiger partial charge in [-0.25, -0.2) is 23.1 Å². The van der Waals surface area contributed by atoms with Crippen LogP contribution in [0.15, 0.2) is 70.6 Å². The minimum atomic E-state index is -3.85. The second-order valence-electron chi connectivity index (χ2n) is 8.91. The summed E-state index contributed by atoms with van der Waals surface area (Å²) in [6.45, 7) is 2.18. The number of thioether (sulfide) groups is 1. The fourth-order valence-corrected chi connectivity index (χ4v) is 6.65. The Morgan fingerprint density at radius 1 is 1.05 bits per heavy atom. The molecule has 3 aromatic rings. The molecular weight excluding hydrogens is 533 g/mol. The number of nitrogens with one attached hydrogen (secondary N) is 2. The van der Waals surface area contributed by atoms with Crippen LogP contribution in [0.4, 0.5) is 11.6 Å². The maximum absolute atomic E-state index is 12.5. The van der Waals surface area contributed by atoms with E-state index in [0.717, 1.165) is 25.2 Å². The Kier molecular flexibility index (Phi) is 7.26. The van der Waals surface area contributed by atoms with Crippen molar-refractivity contribution < 1.29 is 13.2 Å². The van der Waals surface area contributed by atoms with Crippen molar-refractivity contribution >= 4 is 55.9 Å². The number of thiocarbonyl (C=S) groups is 1. The van der Waals surface area contributed by atoms with Crippen LogP contribution >= 0.6 is 24.0 Å². The molecule has 192 valence electrons. The maximum atomic E-state index is 12.5. The number of aromatic nitrogens is 3. The Bertz CT molecular complexity index is 1480. The minimum Gasteiger partial charge on any atom is -0.356 e. The van der Waals surface area contributed by atoms with Gasteiger partial charge in [-0.1, -0.05) is 30.0 Å². The molecule has 0 spiro atoms. The Morgan fingerprint density at radius 2 is 1.81 bits per heavy atom. The van der Waals surface area contributed by atoms with E-state index in [9.17, 15) is 18.0 Å². The number of benzene rings is 1. The molecule has 0 unspecified atom stereocenters. The van der Waals surface area contributed by atoms with E-state index in [0.29, 0.717) is 22.5 Å². The first-order chi connectivity index (χ1) is 17.8. The zero-order valence-electron chi connectivity index (χ0n) is 19.6. The molecule has 1 aromatic carbocycles. The SMILES string of the molecule is O=C(CSC(=S)N1C[C@@H]2C[C@@H](C1)c1cccc(=O)n1C2)Nc1ccc(S(=O)(=O)Nc2ncccn2)cc1. The van der Waals surface area contributed by atoms with Gasteiger partial charge in [0, 0.05) is 55.4 Å². The summed E-state index contributed by atoms with van der Waals surface area (Å²) >= 11 is 6.93. The van der Waals surface area contributed by atoms with Gasteiger partial charge in [0.15, 0.2) is 0 Å². The molecule has 1 saturated heterocycles. The predicted octanol–water partition coefficient (Wildman–Crippen LogP) is 2.52. The van der Waals surface area contributed by atoms with Gasteiger partial charge in [-0.15, -0.1) is 0 Å². The molecule has 2 aromatic heterocycles. The summed E-state index contributed by atoms with van der Waals surface area (Å²) in [4.78, 5) is 34.6. The van der Waals surface area contributed by atoms with Gasteiger partial charge in [-0.2, -0.15) is 0 Å². The van der Waals surface area contributed by atoms with Crippen molar-refractivity contribution in [2.24, 2.45) is 5.92 Å². The predicted molar refractivity (Wildman–Crippen MR) is 146 cm³/mol. The Balaban J connectivity index is 1.13. The number of likely N-dealkylation sites (tertiary alicyclic amines) is 1. The first-order valence-electron chi connectivity index (χ1n) is 11.6. The molecule has 10 nitrogen and oxygen atoms in total. The first kappa shape index (κ1) is 25.4. The molecule has 2 bridgehead atoms. The van der Waals surface area contributed by atoms with Crippen molar-refractivity contribution in [3.63, 3.8) is 0 Å². The second kappa shape index (κ2) is 10.6. The Hall–Kier alpha value is -3.29. The van der Waals surface area contributed by atoms with Gasteiger partial charge in [-0.05, 0) is 48.7 Å². The van der Waals surface area contributed by atoms with Gasteiger partial charge in [0.05, 0.1) is 10.6 Å². The number of carbonyl (C=O) groups is 1. The molecule has 2 N–H and O–H groups in total. The fourth-order valence-electron chi connectivity index (χ4n) is 4.71. The number of pyridine rings is 1. The molecule has 0 radical (unpaired) electrons. The summed E-state index contributed by atoms with van der Waals surface area (Å²) in [7, 11) is -3.85. The first-order valence-corrected chi connectivity index (χ1v) is 14.5. The van der Waals surface area contributed by atoms with Gasteiger partial charge in [0.1, 0.15) is 4.32 Å². The van der Waals surface area contributed by atoms with Crippen molar-refractivity contribution in [3.05, 3.63) is 77.0 Å². The van der Waals surface area contributed by atoms with Crippen LogP contribution in [-0.2, 0) is 21.4 Å². The molecule has 1 fully saturated rings. The van der Waals surface area contributed by atoms with Crippen LogP contribution in [0.3, 0.4) is 0 Å². The Morgan fingerprint density at radius 3 is 2.57 bits per heavy atom. The number of rotatable bonds is 6. The Labute approximate surface area is 223 Å². The third kappa shape index (κ3) is 5.84. The van der Waals surface area contributed by atoms with Crippen LogP contribution in [0.25, 0.3) is 0 Å². The molecule has 1 amide bonds. The molecule has 0 saturated carbocycles. The lowest BCUT2D eigenvalue weighted by molar-refractivity contribution is -0.113. The molecule has 2 aliphatic rings. The van der Waals surface area contributed by atoms with E-state index < -0.39 is 10.0 Å². The van der Waals surface area contributed by atoms with Crippen molar-refractivity contribution in [3.8, 4) is 0 Å². The number of anilines is 2. The standard InChI is InChI=1S/C24H24N6O4S3/c31-21(27-18-5-7-19(8-6-18)37(33,34)28-23-25-9-2-10-26-23)15-36-24(35)29-12-16-11-17(14-29)20-3-1-4-22(32)30(20)13-16/h1-10,16-17H,11-15H2,(H,27,31)(H,25,26,28)/t16-,17-/m0/s1. The summed E-state index contributed by atoms with van der Waals surface area (Å²) in [5, 5.41) is 2.77. The van der Waals surface area contributed by atoms with Crippen molar-refractivity contribution in [1.82, 2.24) is 19.4 Å². The number of sulfonamides is 1. The number of amides is 1. The van der Waals surface area contributed by atoms with Gasteiger partial charge in [-0.3, -0.25) is 9.59 Å². The van der Waals surface area contributed by atoms with Crippen molar-refractivity contribution in [1.29, 1.82) is 0 Å². The van der Waals surface area contributed by atoms with E-state index in [2.05, 4.69) is 24.9 Å². The van der Waals surface area contributed by atoms with Crippen LogP contribution in [0.5, 0.6) is 0 Å². The largest absolute Gasteiger partial charge is 0.356 e. The average Bonchev–Trinajstić information content (AvgIpc) is 2.88. The molecule has 5 rings (SSSR count). The van der Waals surface area contributed by atoms with E-state index >= 15 is 0 Å². The highest BCUT2D eigenvalue weighted by atomic mass is 32.2. The van der Waals surface area contributed by atoms with Gasteiger partial charge in [0.25, 0.3) is 15.6 Å². The van der Waals surface area contributed by atoms with Crippen LogP contribution in [0.1, 0.15) is 18.0 Å². The van der Waals surface area contributed by atoms with Crippen LogP contribution < -0.4 is 15.6 Å². The average molecular weight is 557 g/mol. The zero-order valence-corrected chi connectivity index (χ0v) is 22.1. The third-order valence-electron chi connectivity index (χ3n) is 6.30. The molecule has 2 atom stereocenters. The van der Waals surface area contributed by atoms with E-state index in [1.54, 1.807) is 18.2 Å². The lowest BCUT2D eigenvalue weighted by atomic mass is 9.83. The van der Waals surface area contributed by atoms with Crippen molar-refractivity contribution in [2.75, 3.05) is 28.9 Å². The fraction of sp³-hybridized carbons (Fsp3) is 0.292. The van der Waals surface area contributed by atoms with Crippen LogP contribution in [-0.4, -0.2) is 56.9 Å². The number of piperidine rings is 1. The highest BCUT2D eigenvalue weighted by Gasteiger charge is 2.35. The minimum absolute atomic E-state index is 0.0213. The molecule has 37 heavy (non-hydrogen) atoms. The second-order valence-corrected chi connectivity index (χ2v) is 12.2. The highest BCUT2D eigenvalue weighted by molar-refractivity contribution is 8.23. The molecule has 4 heterocycles. The number of hydrogen-bond donors (Lipinski definition) is 2. The normalized spacial score (nSPS) is 18.5. The zero-order chi connectivity index (χ0) is 26.0. The number of fused-ring (bicyclic) bond motifs is 4. The summed E-state index contributed by atoms with van der Waals surface area (Å²) < 4.78 is 29.8. The molecule has 0 aliphatic carbocycles. The van der Waals surface area contributed by atoms with Crippen molar-refractivity contribution in [2.45, 2.75) is 23.8 Å². The van der Waals surface area contributed by atoms with E-state index in [4.69, 9.17) is 12.2 Å². The van der Waals surface area contributed by atoms with E-state index in [1.807, 2.05) is 10.6 Å². The van der Waals surface area contributed by atoms with Gasteiger partial charge < -0.3 is 14.8 Å². The lowest BCUT2D eigenvalue weighted by Crippen LogP contribution is -2.48. The summed E-state index contributed by atoms with van der Waals surface area (Å²) in [6, 6.07) is 12.8. The monoisotopic (exact) mass is 556 g/mol. The quantitative estimate of drug-likeness (QED) is 0.441. The number of hydrogen-bond acceptors (Lipinski definition) is 8. The van der Waals surface area contributed by atoms with Crippen LogP contribution in [0, 0.1) is 5.92 Å². The van der Waals surface area contributed by atoms with E-state index in [1.165, 1.54) is 48.4 Å². The number of carbonyl (C=O) groups excluding carboxylic acids is 1. The third-order valence-corrected chi connectivity index (χ3v) is 9.17. The molecule has 2 aliphatic heterocycles. The van der Waals surface area contributed by atoms with Crippen LogP contribution in [0.2, 0.25) is 0 Å². The topological polar surface area (TPSA) is 126 Å². The molecule has 13 heteroatoms. The summed E-state index contributed by atoms with van der Waals surface area (Å²) in [5.41, 5.74) is 1.57.